The van der Waals surface area contributed by atoms with Gasteiger partial charge in [-0.25, -0.2) is 0 Å². The highest BCUT2D eigenvalue weighted by molar-refractivity contribution is 8.02. The van der Waals surface area contributed by atoms with E-state index in [2.05, 4.69) is 13.2 Å². The van der Waals surface area contributed by atoms with Gasteiger partial charge in [-0.3, -0.25) is 14.4 Å². The van der Waals surface area contributed by atoms with Crippen molar-refractivity contribution in [3.05, 3.63) is 54.1 Å². The molecule has 3 saturated heterocycles. The molecule has 0 aromatic heterocycles. The molecule has 1 spiro atoms. The zero-order chi connectivity index (χ0) is 28.5. The summed E-state index contributed by atoms with van der Waals surface area (Å²) in [5, 5.41) is 10.9. The zero-order valence-electron chi connectivity index (χ0n) is 23.0. The molecule has 39 heavy (non-hydrogen) atoms. The normalized spacial score (nSPS) is 28.6. The molecule has 3 fully saturated rings. The molecule has 4 rings (SSSR count). The van der Waals surface area contributed by atoms with Crippen LogP contribution in [0.5, 0.6) is 0 Å². The van der Waals surface area contributed by atoms with Gasteiger partial charge in [0, 0.05) is 11.8 Å². The number of aliphatic hydroxyl groups is 1. The summed E-state index contributed by atoms with van der Waals surface area (Å²) >= 11 is 8.21. The fourth-order valence-electron chi connectivity index (χ4n) is 6.68. The van der Waals surface area contributed by atoms with Crippen LogP contribution in [0.15, 0.2) is 43.5 Å². The second-order valence-corrected chi connectivity index (χ2v) is 12.8. The fourth-order valence-corrected chi connectivity index (χ4v) is 9.19. The number of hydrogen-bond acceptors (Lipinski definition) is 6. The van der Waals surface area contributed by atoms with E-state index in [1.54, 1.807) is 39.8 Å². The molecule has 3 aliphatic heterocycles. The lowest BCUT2D eigenvalue weighted by Gasteiger charge is -2.41. The monoisotopic (exact) mass is 574 g/mol. The minimum absolute atomic E-state index is 0.0560. The van der Waals surface area contributed by atoms with Gasteiger partial charge < -0.3 is 19.6 Å². The maximum atomic E-state index is 14.7. The standard InChI is InChI=1S/C30H39ClN2O5S/c1-6-9-16-38-29(37)23-22-13-14-30(39-22)24(23)27(35)33(21(17-34)18(4)8-3)26(30)28(36)32(15-7-2)25-19(5)11-10-12-20(25)31/h6-7,10-12,18,21-24,26,34H,1-2,8-9,13-17H2,3-5H3/t18-,21-,22+,23-,24-,26?,30?/m0/s1. The number of rotatable bonds is 12. The second kappa shape index (κ2) is 12.1. The Morgan fingerprint density at radius 2 is 2.10 bits per heavy atom. The number of ether oxygens (including phenoxy) is 1. The van der Waals surface area contributed by atoms with Crippen LogP contribution >= 0.6 is 23.4 Å². The van der Waals surface area contributed by atoms with Gasteiger partial charge in [0.05, 0.1) is 46.5 Å². The van der Waals surface area contributed by atoms with Gasteiger partial charge in [0.2, 0.25) is 5.91 Å². The third-order valence-electron chi connectivity index (χ3n) is 8.69. The largest absolute Gasteiger partial charge is 0.465 e. The maximum Gasteiger partial charge on any atom is 0.310 e. The number of aliphatic hydroxyl groups excluding tert-OH is 1. The van der Waals surface area contributed by atoms with Gasteiger partial charge in [-0.05, 0) is 43.7 Å². The van der Waals surface area contributed by atoms with Crippen molar-refractivity contribution in [1.82, 2.24) is 4.90 Å². The summed E-state index contributed by atoms with van der Waals surface area (Å²) in [4.78, 5) is 45.7. The molecule has 2 unspecified atom stereocenters. The number of amides is 2. The van der Waals surface area contributed by atoms with Crippen LogP contribution in [-0.2, 0) is 19.1 Å². The molecule has 0 saturated carbocycles. The summed E-state index contributed by atoms with van der Waals surface area (Å²) in [6.07, 6.45) is 5.92. The molecule has 3 aliphatic rings. The Morgan fingerprint density at radius 1 is 1.36 bits per heavy atom. The van der Waals surface area contributed by atoms with E-state index >= 15 is 0 Å². The molecular formula is C30H39ClN2O5S. The summed E-state index contributed by atoms with van der Waals surface area (Å²) in [6.45, 7) is 13.6. The number of fused-ring (bicyclic) bond motifs is 1. The van der Waals surface area contributed by atoms with E-state index in [1.165, 1.54) is 0 Å². The van der Waals surface area contributed by atoms with Crippen LogP contribution in [0, 0.1) is 24.7 Å². The number of esters is 1. The van der Waals surface area contributed by atoms with E-state index < -0.39 is 34.6 Å². The number of carbonyl (C=O) groups is 3. The number of carbonyl (C=O) groups excluding carboxylic acids is 3. The van der Waals surface area contributed by atoms with Gasteiger partial charge in [0.1, 0.15) is 6.04 Å². The second-order valence-electron chi connectivity index (χ2n) is 10.8. The number of halogens is 1. The lowest BCUT2D eigenvalue weighted by Crippen LogP contribution is -2.59. The van der Waals surface area contributed by atoms with Crippen LogP contribution < -0.4 is 4.90 Å². The summed E-state index contributed by atoms with van der Waals surface area (Å²) < 4.78 is 4.78. The number of anilines is 1. The van der Waals surface area contributed by atoms with E-state index in [1.807, 2.05) is 32.9 Å². The predicted octanol–water partition coefficient (Wildman–Crippen LogP) is 4.78. The molecule has 0 radical (unpaired) electrons. The Morgan fingerprint density at radius 3 is 2.72 bits per heavy atom. The van der Waals surface area contributed by atoms with E-state index in [0.29, 0.717) is 30.0 Å². The first kappa shape index (κ1) is 29.7. The number of para-hydroxylation sites is 1. The number of benzene rings is 1. The Bertz CT molecular complexity index is 1120. The van der Waals surface area contributed by atoms with Crippen LogP contribution in [0.2, 0.25) is 5.02 Å². The number of hydrogen-bond donors (Lipinski definition) is 1. The molecule has 7 atom stereocenters. The molecule has 0 aliphatic carbocycles. The average Bonchev–Trinajstić information content (AvgIpc) is 3.56. The van der Waals surface area contributed by atoms with Gasteiger partial charge in [0.25, 0.3) is 5.91 Å². The third-order valence-corrected chi connectivity index (χ3v) is 10.9. The van der Waals surface area contributed by atoms with Crippen molar-refractivity contribution >= 4 is 46.8 Å². The van der Waals surface area contributed by atoms with Gasteiger partial charge in [-0.1, -0.05) is 56.2 Å². The topological polar surface area (TPSA) is 87.1 Å². The van der Waals surface area contributed by atoms with Crippen molar-refractivity contribution < 1.29 is 24.2 Å². The molecular weight excluding hydrogens is 536 g/mol. The first-order valence-electron chi connectivity index (χ1n) is 13.7. The highest BCUT2D eigenvalue weighted by Crippen LogP contribution is 2.67. The lowest BCUT2D eigenvalue weighted by atomic mass is 9.71. The molecule has 1 aromatic carbocycles. The van der Waals surface area contributed by atoms with Crippen molar-refractivity contribution in [2.24, 2.45) is 17.8 Å². The number of likely N-dealkylation sites (tertiary alicyclic amines) is 1. The number of nitrogens with zero attached hydrogens (tertiary/aromatic N) is 2. The van der Waals surface area contributed by atoms with Gasteiger partial charge in [-0.15, -0.1) is 24.9 Å². The fraction of sp³-hybridized carbons (Fsp3) is 0.567. The van der Waals surface area contributed by atoms with Crippen molar-refractivity contribution in [2.75, 3.05) is 24.7 Å². The first-order chi connectivity index (χ1) is 18.7. The van der Waals surface area contributed by atoms with Crippen LogP contribution in [-0.4, -0.2) is 69.6 Å². The Labute approximate surface area is 240 Å². The van der Waals surface area contributed by atoms with Crippen molar-refractivity contribution in [3.63, 3.8) is 0 Å². The SMILES string of the molecule is C=CCCOC(=O)[C@@H]1[C@H]2C(=O)N([C@@H](CO)[C@@H](C)CC)C(C(=O)N(CC=C)c3c(C)cccc3Cl)C23CC[C@H]1S3. The van der Waals surface area contributed by atoms with Crippen LogP contribution in [0.3, 0.4) is 0 Å². The Hall–Kier alpha value is -2.29. The molecule has 3 heterocycles. The van der Waals surface area contributed by atoms with Crippen LogP contribution in [0.1, 0.15) is 45.1 Å². The maximum absolute atomic E-state index is 14.7. The molecule has 7 nitrogen and oxygen atoms in total. The zero-order valence-corrected chi connectivity index (χ0v) is 24.5. The quantitative estimate of drug-likeness (QED) is 0.219. The average molecular weight is 575 g/mol. The van der Waals surface area contributed by atoms with Crippen molar-refractivity contribution in [3.8, 4) is 0 Å². The Kier molecular flexibility index (Phi) is 9.19. The molecule has 9 heteroatoms. The smallest absolute Gasteiger partial charge is 0.310 e. The molecule has 1 N–H and O–H groups in total. The molecule has 212 valence electrons. The van der Waals surface area contributed by atoms with E-state index in [0.717, 1.165) is 12.0 Å². The van der Waals surface area contributed by atoms with Crippen molar-refractivity contribution in [1.29, 1.82) is 0 Å². The van der Waals surface area contributed by atoms with E-state index in [-0.39, 0.29) is 42.7 Å². The lowest BCUT2D eigenvalue weighted by molar-refractivity contribution is -0.154. The molecule has 1 aromatic rings. The number of aryl methyl sites for hydroxylation is 1. The highest BCUT2D eigenvalue weighted by atomic mass is 35.5. The Balaban J connectivity index is 1.83. The summed E-state index contributed by atoms with van der Waals surface area (Å²) in [5.74, 6) is -2.29. The summed E-state index contributed by atoms with van der Waals surface area (Å²) in [5.41, 5.74) is 1.41. The van der Waals surface area contributed by atoms with Gasteiger partial charge in [0.15, 0.2) is 0 Å². The van der Waals surface area contributed by atoms with Gasteiger partial charge >= 0.3 is 5.97 Å². The summed E-state index contributed by atoms with van der Waals surface area (Å²) in [6, 6.07) is 4.04. The number of thioether (sulfide) groups is 1. The van der Waals surface area contributed by atoms with E-state index in [4.69, 9.17) is 16.3 Å². The molecule has 2 amide bonds. The minimum atomic E-state index is -0.863. The molecule has 2 bridgehead atoms. The van der Waals surface area contributed by atoms with Crippen LogP contribution in [0.25, 0.3) is 0 Å². The van der Waals surface area contributed by atoms with Gasteiger partial charge in [-0.2, -0.15) is 0 Å². The van der Waals surface area contributed by atoms with E-state index in [9.17, 15) is 19.5 Å². The highest BCUT2D eigenvalue weighted by Gasteiger charge is 2.75. The van der Waals surface area contributed by atoms with Crippen molar-refractivity contribution in [2.45, 2.75) is 68.5 Å². The minimum Gasteiger partial charge on any atom is -0.465 e. The summed E-state index contributed by atoms with van der Waals surface area (Å²) in [7, 11) is 0. The predicted molar refractivity (Wildman–Crippen MR) is 156 cm³/mol. The first-order valence-corrected chi connectivity index (χ1v) is 15.0. The van der Waals surface area contributed by atoms with Crippen LogP contribution in [0.4, 0.5) is 5.69 Å². The third kappa shape index (κ3) is 4.93.